The van der Waals surface area contributed by atoms with Crippen LogP contribution in [0.4, 0.5) is 0 Å². The molecule has 0 amide bonds. The maximum atomic E-state index is 11.5. The molecule has 0 aromatic rings. The Morgan fingerprint density at radius 1 is 1.38 bits per heavy atom. The third kappa shape index (κ3) is 7.72. The number of hydrogen-bond donors (Lipinski definition) is 0. The number of hydrogen-bond acceptors (Lipinski definition) is 6. The summed E-state index contributed by atoms with van der Waals surface area (Å²) in [4.78, 5) is 32.9. The first kappa shape index (κ1) is 19.5. The zero-order valence-electron chi connectivity index (χ0n) is 13.1. The normalized spacial score (nSPS) is 16.4. The number of carbonyl (C=O) groups is 3. The van der Waals surface area contributed by atoms with Crippen molar-refractivity contribution in [3.05, 3.63) is 12.2 Å². The molecule has 3 unspecified atom stereocenters. The van der Waals surface area contributed by atoms with Crippen molar-refractivity contribution in [3.63, 3.8) is 0 Å². The van der Waals surface area contributed by atoms with E-state index in [-0.39, 0.29) is 13.0 Å². The molecular weight excluding hydrogens is 276 g/mol. The monoisotopic (exact) mass is 300 g/mol. The number of aldehydes is 2. The molecule has 0 aliphatic carbocycles. The number of ether oxygens (including phenoxy) is 3. The van der Waals surface area contributed by atoms with Crippen LogP contribution < -0.4 is 0 Å². The number of rotatable bonds is 11. The van der Waals surface area contributed by atoms with E-state index in [0.717, 1.165) is 0 Å². The fourth-order valence-corrected chi connectivity index (χ4v) is 1.97. The van der Waals surface area contributed by atoms with Crippen LogP contribution in [0.5, 0.6) is 0 Å². The second-order valence-electron chi connectivity index (χ2n) is 5.28. The van der Waals surface area contributed by atoms with Gasteiger partial charge >= 0.3 is 5.97 Å². The highest BCUT2D eigenvalue weighted by Gasteiger charge is 2.32. The Bertz CT molecular complexity index is 378. The van der Waals surface area contributed by atoms with E-state index >= 15 is 0 Å². The largest absolute Gasteiger partial charge is 0.459 e. The lowest BCUT2D eigenvalue weighted by molar-refractivity contribution is -0.160. The Morgan fingerprint density at radius 2 is 2.00 bits per heavy atom. The fraction of sp³-hybridized carbons (Fsp3) is 0.667. The zero-order chi connectivity index (χ0) is 16.5. The molecule has 0 heterocycles. The lowest BCUT2D eigenvalue weighted by atomic mass is 9.99. The summed E-state index contributed by atoms with van der Waals surface area (Å²) in [6.07, 6.45) is 0.208. The summed E-state index contributed by atoms with van der Waals surface area (Å²) in [6.45, 7) is 8.73. The van der Waals surface area contributed by atoms with Crippen molar-refractivity contribution in [1.82, 2.24) is 0 Å². The summed E-state index contributed by atoms with van der Waals surface area (Å²) in [5.41, 5.74) is -0.541. The van der Waals surface area contributed by atoms with Crippen LogP contribution in [0.2, 0.25) is 0 Å². The number of carbonyl (C=O) groups excluding carboxylic acids is 3. The first-order valence-corrected chi connectivity index (χ1v) is 6.70. The maximum absolute atomic E-state index is 11.5. The van der Waals surface area contributed by atoms with Crippen LogP contribution in [0.15, 0.2) is 12.2 Å². The van der Waals surface area contributed by atoms with E-state index < -0.39 is 23.8 Å². The van der Waals surface area contributed by atoms with Crippen molar-refractivity contribution in [1.29, 1.82) is 0 Å². The Balaban J connectivity index is 4.77. The van der Waals surface area contributed by atoms with Crippen LogP contribution in [-0.2, 0) is 28.6 Å². The van der Waals surface area contributed by atoms with Crippen molar-refractivity contribution in [2.75, 3.05) is 13.7 Å². The standard InChI is InChI=1S/C15H24O6/c1-11(2)14(18)20-12(3)8-15(4,10-19-5)21-13(9-17)6-7-16/h7,9,12-13H,1,6,8,10H2,2-5H3. The maximum Gasteiger partial charge on any atom is 0.333 e. The molecule has 0 fully saturated rings. The molecule has 3 atom stereocenters. The summed E-state index contributed by atoms with van der Waals surface area (Å²) in [7, 11) is 1.50. The highest BCUT2D eigenvalue weighted by molar-refractivity contribution is 5.87. The second-order valence-corrected chi connectivity index (χ2v) is 5.28. The number of esters is 1. The highest BCUT2D eigenvalue weighted by Crippen LogP contribution is 2.22. The van der Waals surface area contributed by atoms with Crippen LogP contribution in [-0.4, -0.2) is 50.1 Å². The van der Waals surface area contributed by atoms with E-state index in [9.17, 15) is 14.4 Å². The molecule has 0 saturated heterocycles. The third-order valence-corrected chi connectivity index (χ3v) is 2.74. The molecule has 120 valence electrons. The van der Waals surface area contributed by atoms with Gasteiger partial charge in [0.15, 0.2) is 0 Å². The molecule has 0 rings (SSSR count). The average Bonchev–Trinajstić information content (AvgIpc) is 2.37. The first-order valence-electron chi connectivity index (χ1n) is 6.70. The van der Waals surface area contributed by atoms with Gasteiger partial charge in [-0.1, -0.05) is 6.58 Å². The molecule has 0 aliphatic heterocycles. The molecule has 0 bridgehead atoms. The van der Waals surface area contributed by atoms with Gasteiger partial charge in [-0.25, -0.2) is 4.79 Å². The molecule has 6 nitrogen and oxygen atoms in total. The average molecular weight is 300 g/mol. The van der Waals surface area contributed by atoms with Crippen molar-refractivity contribution in [2.45, 2.75) is 51.4 Å². The number of methoxy groups -OCH3 is 1. The van der Waals surface area contributed by atoms with Gasteiger partial charge in [-0.05, 0) is 20.8 Å². The SMILES string of the molecule is C=C(C)C(=O)OC(C)CC(C)(COC)OC(C=O)CC=O. The Labute approximate surface area is 125 Å². The van der Waals surface area contributed by atoms with Gasteiger partial charge in [0.2, 0.25) is 0 Å². The molecule has 0 N–H and O–H groups in total. The fourth-order valence-electron chi connectivity index (χ4n) is 1.97. The van der Waals surface area contributed by atoms with E-state index in [4.69, 9.17) is 14.2 Å². The predicted octanol–water partition coefficient (Wildman–Crippen LogP) is 1.46. The van der Waals surface area contributed by atoms with Gasteiger partial charge in [-0.15, -0.1) is 0 Å². The Morgan fingerprint density at radius 3 is 2.43 bits per heavy atom. The Kier molecular flexibility index (Phi) is 8.73. The minimum atomic E-state index is -0.849. The summed E-state index contributed by atoms with van der Waals surface area (Å²) >= 11 is 0. The van der Waals surface area contributed by atoms with Crippen LogP contribution in [0.1, 0.15) is 33.6 Å². The van der Waals surface area contributed by atoms with Crippen LogP contribution in [0, 0.1) is 0 Å². The minimum Gasteiger partial charge on any atom is -0.459 e. The van der Waals surface area contributed by atoms with E-state index in [2.05, 4.69) is 6.58 Å². The zero-order valence-corrected chi connectivity index (χ0v) is 13.1. The van der Waals surface area contributed by atoms with Gasteiger partial charge in [0.1, 0.15) is 24.8 Å². The molecule has 0 aliphatic rings. The predicted molar refractivity (Wildman–Crippen MR) is 76.9 cm³/mol. The molecular formula is C15H24O6. The quantitative estimate of drug-likeness (QED) is 0.326. The van der Waals surface area contributed by atoms with Gasteiger partial charge in [-0.3, -0.25) is 0 Å². The summed E-state index contributed by atoms with van der Waals surface area (Å²) in [6, 6.07) is 0. The minimum absolute atomic E-state index is 0.0251. The van der Waals surface area contributed by atoms with E-state index in [1.165, 1.54) is 7.11 Å². The summed E-state index contributed by atoms with van der Waals surface area (Å²) < 4.78 is 15.9. The molecule has 0 radical (unpaired) electrons. The molecule has 0 saturated carbocycles. The van der Waals surface area contributed by atoms with Gasteiger partial charge in [0.05, 0.1) is 12.2 Å². The lowest BCUT2D eigenvalue weighted by Gasteiger charge is -2.33. The smallest absolute Gasteiger partial charge is 0.333 e. The van der Waals surface area contributed by atoms with Crippen molar-refractivity contribution >= 4 is 18.5 Å². The highest BCUT2D eigenvalue weighted by atomic mass is 16.6. The van der Waals surface area contributed by atoms with Crippen LogP contribution in [0.25, 0.3) is 0 Å². The van der Waals surface area contributed by atoms with E-state index in [1.807, 2.05) is 0 Å². The first-order chi connectivity index (χ1) is 9.77. The molecule has 21 heavy (non-hydrogen) atoms. The van der Waals surface area contributed by atoms with E-state index in [0.29, 0.717) is 24.6 Å². The molecule has 0 spiro atoms. The summed E-state index contributed by atoms with van der Waals surface area (Å²) in [5.74, 6) is -0.484. The van der Waals surface area contributed by atoms with Gasteiger partial charge in [0.25, 0.3) is 0 Å². The van der Waals surface area contributed by atoms with Crippen molar-refractivity contribution < 1.29 is 28.6 Å². The van der Waals surface area contributed by atoms with Crippen LogP contribution >= 0.6 is 0 Å². The Hall–Kier alpha value is -1.53. The van der Waals surface area contributed by atoms with Gasteiger partial charge < -0.3 is 23.8 Å². The van der Waals surface area contributed by atoms with Crippen molar-refractivity contribution in [3.8, 4) is 0 Å². The lowest BCUT2D eigenvalue weighted by Crippen LogP contribution is -2.42. The summed E-state index contributed by atoms with van der Waals surface area (Å²) in [5, 5.41) is 0. The topological polar surface area (TPSA) is 78.9 Å². The molecule has 6 heteroatoms. The second kappa shape index (κ2) is 9.41. The van der Waals surface area contributed by atoms with Gasteiger partial charge in [0, 0.05) is 25.5 Å². The van der Waals surface area contributed by atoms with Crippen molar-refractivity contribution in [2.24, 2.45) is 0 Å². The van der Waals surface area contributed by atoms with E-state index in [1.54, 1.807) is 20.8 Å². The third-order valence-electron chi connectivity index (χ3n) is 2.74. The van der Waals surface area contributed by atoms with Crippen LogP contribution in [0.3, 0.4) is 0 Å². The van der Waals surface area contributed by atoms with Gasteiger partial charge in [-0.2, -0.15) is 0 Å². The molecule has 0 aromatic carbocycles. The molecule has 0 aromatic heterocycles.